The van der Waals surface area contributed by atoms with E-state index in [1.54, 1.807) is 17.0 Å². The second-order valence-electron chi connectivity index (χ2n) is 8.93. The maximum absolute atomic E-state index is 14.4. The fraction of sp³-hybridized carbons (Fsp3) is 0.417. The molecule has 0 aromatic heterocycles. The Balaban J connectivity index is 1.38. The maximum Gasteiger partial charge on any atom is 0.409 e. The van der Waals surface area contributed by atoms with Crippen LogP contribution >= 0.6 is 35.1 Å². The predicted octanol–water partition coefficient (Wildman–Crippen LogP) is 6.04. The minimum Gasteiger partial charge on any atom is -0.372 e. The highest BCUT2D eigenvalue weighted by Crippen LogP contribution is 2.57. The van der Waals surface area contributed by atoms with Crippen molar-refractivity contribution in [2.75, 3.05) is 26.3 Å². The molecule has 2 aromatic carbocycles. The van der Waals surface area contributed by atoms with Gasteiger partial charge in [-0.15, -0.1) is 0 Å². The second-order valence-corrected chi connectivity index (χ2v) is 10.8. The Bertz CT molecular complexity index is 1240. The summed E-state index contributed by atoms with van der Waals surface area (Å²) in [6.07, 6.45) is -5.18. The fourth-order valence-corrected chi connectivity index (χ4v) is 6.22. The molecule has 1 atom stereocenters. The summed E-state index contributed by atoms with van der Waals surface area (Å²) >= 11 is 12.0. The third-order valence-corrected chi connectivity index (χ3v) is 8.53. The summed E-state index contributed by atoms with van der Waals surface area (Å²) in [5.41, 5.74) is 1.67. The molecule has 2 aromatic rings. The van der Waals surface area contributed by atoms with Gasteiger partial charge in [0.15, 0.2) is 10.6 Å². The van der Waals surface area contributed by atoms with Crippen LogP contribution in [0.25, 0.3) is 0 Å². The topological polar surface area (TPSA) is 51.1 Å². The van der Waals surface area contributed by atoms with Crippen molar-refractivity contribution in [3.63, 3.8) is 0 Å². The minimum absolute atomic E-state index is 0.0152. The Morgan fingerprint density at radius 1 is 1.22 bits per heavy atom. The summed E-state index contributed by atoms with van der Waals surface area (Å²) in [7, 11) is 0. The van der Waals surface area contributed by atoms with Gasteiger partial charge in [0.05, 0.1) is 35.5 Å². The van der Waals surface area contributed by atoms with Gasteiger partial charge in [0, 0.05) is 13.0 Å². The fourth-order valence-electron chi connectivity index (χ4n) is 4.77. The molecule has 0 saturated carbocycles. The molecule has 3 aliphatic heterocycles. The largest absolute Gasteiger partial charge is 0.409 e. The standard InChI is InChI=1S/C24H20Cl2F4N2O3S/c1-2-34-10-20(33)32-11-22(12-32)16-4-3-13(5-14(16)9-35-22)19-8-23(36-31-19,24(28,29)30)15-6-17(25)21(27)18(26)7-15/h3-7H,2,8-12H2,1H3. The number of ether oxygens (including phenoxy) is 2. The summed E-state index contributed by atoms with van der Waals surface area (Å²) in [5, 5.41) is -0.964. The van der Waals surface area contributed by atoms with E-state index in [2.05, 4.69) is 4.40 Å². The molecule has 5 nitrogen and oxygen atoms in total. The normalized spacial score (nSPS) is 22.5. The summed E-state index contributed by atoms with van der Waals surface area (Å²) in [4.78, 5) is 13.8. The van der Waals surface area contributed by atoms with Crippen molar-refractivity contribution in [2.24, 2.45) is 4.40 Å². The van der Waals surface area contributed by atoms with Gasteiger partial charge < -0.3 is 14.4 Å². The quantitative estimate of drug-likeness (QED) is 0.253. The zero-order valence-corrected chi connectivity index (χ0v) is 21.3. The van der Waals surface area contributed by atoms with Crippen LogP contribution in [0.15, 0.2) is 34.7 Å². The third-order valence-electron chi connectivity index (χ3n) is 6.74. The summed E-state index contributed by atoms with van der Waals surface area (Å²) < 4.78 is 69.9. The lowest BCUT2D eigenvalue weighted by Crippen LogP contribution is -2.61. The monoisotopic (exact) mass is 562 g/mol. The first-order valence-corrected chi connectivity index (χ1v) is 12.6. The van der Waals surface area contributed by atoms with E-state index >= 15 is 0 Å². The second kappa shape index (κ2) is 9.16. The highest BCUT2D eigenvalue weighted by atomic mass is 35.5. The van der Waals surface area contributed by atoms with Gasteiger partial charge in [-0.25, -0.2) is 8.79 Å². The Morgan fingerprint density at radius 2 is 1.92 bits per heavy atom. The minimum atomic E-state index is -4.71. The van der Waals surface area contributed by atoms with Crippen LogP contribution < -0.4 is 0 Å². The number of hydrogen-bond donors (Lipinski definition) is 0. The van der Waals surface area contributed by atoms with Gasteiger partial charge in [-0.3, -0.25) is 4.79 Å². The molecule has 3 heterocycles. The van der Waals surface area contributed by atoms with Crippen molar-refractivity contribution in [1.82, 2.24) is 4.90 Å². The van der Waals surface area contributed by atoms with E-state index in [-0.39, 0.29) is 30.4 Å². The van der Waals surface area contributed by atoms with Crippen molar-refractivity contribution in [3.8, 4) is 0 Å². The van der Waals surface area contributed by atoms with Crippen molar-refractivity contribution >= 4 is 46.8 Å². The lowest BCUT2D eigenvalue weighted by atomic mass is 9.83. The van der Waals surface area contributed by atoms with Crippen LogP contribution in [-0.4, -0.2) is 49.0 Å². The van der Waals surface area contributed by atoms with E-state index in [0.29, 0.717) is 37.2 Å². The van der Waals surface area contributed by atoms with Crippen LogP contribution in [0.2, 0.25) is 10.0 Å². The zero-order chi connectivity index (χ0) is 25.9. The molecule has 0 bridgehead atoms. The molecule has 1 amide bonds. The van der Waals surface area contributed by atoms with Crippen LogP contribution in [0.3, 0.4) is 0 Å². The van der Waals surface area contributed by atoms with Crippen molar-refractivity contribution < 1.29 is 31.8 Å². The van der Waals surface area contributed by atoms with E-state index in [9.17, 15) is 22.4 Å². The first-order chi connectivity index (χ1) is 17.0. The van der Waals surface area contributed by atoms with Crippen LogP contribution in [0.5, 0.6) is 0 Å². The Morgan fingerprint density at radius 3 is 2.56 bits per heavy atom. The molecule has 1 unspecified atom stereocenters. The van der Waals surface area contributed by atoms with Crippen molar-refractivity contribution in [3.05, 3.63) is 68.4 Å². The molecule has 0 N–H and O–H groups in total. The number of hydrogen-bond acceptors (Lipinski definition) is 5. The van der Waals surface area contributed by atoms with Gasteiger partial charge in [-0.1, -0.05) is 35.3 Å². The summed E-state index contributed by atoms with van der Waals surface area (Å²) in [5.74, 6) is -1.08. The molecule has 0 aliphatic carbocycles. The predicted molar refractivity (Wildman–Crippen MR) is 129 cm³/mol. The Hall–Kier alpha value is -1.85. The molecule has 5 rings (SSSR count). The number of benzene rings is 2. The number of nitrogens with zero attached hydrogens (tertiary/aromatic N) is 2. The van der Waals surface area contributed by atoms with E-state index in [1.807, 2.05) is 13.0 Å². The van der Waals surface area contributed by atoms with Crippen molar-refractivity contribution in [1.29, 1.82) is 0 Å². The number of rotatable bonds is 5. The number of carbonyl (C=O) groups is 1. The molecular formula is C24H20Cl2F4N2O3S. The molecule has 192 valence electrons. The summed E-state index contributed by atoms with van der Waals surface area (Å²) in [6, 6.07) is 7.24. The van der Waals surface area contributed by atoms with Crippen LogP contribution in [-0.2, 0) is 31.2 Å². The number of amides is 1. The lowest BCUT2D eigenvalue weighted by molar-refractivity contribution is -0.172. The third kappa shape index (κ3) is 4.11. The number of fused-ring (bicyclic) bond motifs is 2. The lowest BCUT2D eigenvalue weighted by Gasteiger charge is -2.47. The van der Waals surface area contributed by atoms with Gasteiger partial charge in [-0.2, -0.15) is 13.2 Å². The number of alkyl halides is 3. The molecule has 1 saturated heterocycles. The molecule has 1 spiro atoms. The van der Waals surface area contributed by atoms with Gasteiger partial charge >= 0.3 is 6.18 Å². The Kier molecular flexibility index (Phi) is 6.56. The highest BCUT2D eigenvalue weighted by Gasteiger charge is 2.60. The van der Waals surface area contributed by atoms with Crippen molar-refractivity contribution in [2.45, 2.75) is 36.5 Å². The first-order valence-electron chi connectivity index (χ1n) is 11.1. The van der Waals surface area contributed by atoms with Gasteiger partial charge in [0.2, 0.25) is 5.91 Å². The van der Waals surface area contributed by atoms with Crippen LogP contribution in [0, 0.1) is 5.82 Å². The smallest absolute Gasteiger partial charge is 0.372 e. The first kappa shape index (κ1) is 25.8. The van der Waals surface area contributed by atoms with E-state index in [1.165, 1.54) is 0 Å². The van der Waals surface area contributed by atoms with Gasteiger partial charge in [-0.05, 0) is 59.3 Å². The number of likely N-dealkylation sites (tertiary alicyclic amines) is 1. The average molecular weight is 563 g/mol. The number of halogens is 6. The van der Waals surface area contributed by atoms with E-state index in [0.717, 1.165) is 23.3 Å². The van der Waals surface area contributed by atoms with Crippen LogP contribution in [0.1, 0.15) is 35.6 Å². The van der Waals surface area contributed by atoms with Gasteiger partial charge in [0.25, 0.3) is 0 Å². The molecule has 3 aliphatic rings. The molecule has 1 fully saturated rings. The van der Waals surface area contributed by atoms with E-state index < -0.39 is 38.8 Å². The molecule has 0 radical (unpaired) electrons. The SMILES string of the molecule is CCOCC(=O)N1CC2(C1)OCc1cc(C3=NSC(c4cc(Cl)c(F)c(Cl)c4)(C(F)(F)F)C3)ccc12. The zero-order valence-electron chi connectivity index (χ0n) is 18.9. The summed E-state index contributed by atoms with van der Waals surface area (Å²) in [6.45, 7) is 3.35. The van der Waals surface area contributed by atoms with Crippen LogP contribution in [0.4, 0.5) is 17.6 Å². The number of carbonyl (C=O) groups excluding carboxylic acids is 1. The van der Waals surface area contributed by atoms with E-state index in [4.69, 9.17) is 32.7 Å². The maximum atomic E-state index is 14.4. The molecule has 36 heavy (non-hydrogen) atoms. The average Bonchev–Trinajstić information content (AvgIpc) is 3.42. The highest BCUT2D eigenvalue weighted by molar-refractivity contribution is 7.99. The Labute approximate surface area is 218 Å². The molecular weight excluding hydrogens is 543 g/mol. The van der Waals surface area contributed by atoms with Gasteiger partial charge in [0.1, 0.15) is 12.2 Å². The molecule has 12 heteroatoms.